The van der Waals surface area contributed by atoms with Gasteiger partial charge in [0.05, 0.1) is 5.02 Å². The molecule has 0 saturated carbocycles. The molecule has 0 bridgehead atoms. The van der Waals surface area contributed by atoms with Crippen LogP contribution in [0.2, 0.25) is 5.02 Å². The third-order valence-electron chi connectivity index (χ3n) is 2.19. The highest BCUT2D eigenvalue weighted by Gasteiger charge is 2.06. The number of carbonyl (C=O) groups is 1. The van der Waals surface area contributed by atoms with E-state index in [0.29, 0.717) is 25.9 Å². The van der Waals surface area contributed by atoms with Gasteiger partial charge in [-0.15, -0.1) is 0 Å². The van der Waals surface area contributed by atoms with Crippen LogP contribution in [0.3, 0.4) is 0 Å². The Labute approximate surface area is 99.4 Å². The molecule has 0 fully saturated rings. The smallest absolute Gasteiger partial charge is 0.141 e. The molecule has 1 rings (SSSR count). The van der Waals surface area contributed by atoms with Gasteiger partial charge in [-0.05, 0) is 24.1 Å². The Morgan fingerprint density at radius 3 is 2.88 bits per heavy atom. The number of rotatable bonds is 6. The van der Waals surface area contributed by atoms with Gasteiger partial charge >= 0.3 is 0 Å². The Morgan fingerprint density at radius 2 is 2.25 bits per heavy atom. The molecule has 4 heteroatoms. The fourth-order valence-electron chi connectivity index (χ4n) is 1.38. The van der Waals surface area contributed by atoms with Crippen molar-refractivity contribution in [2.45, 2.75) is 19.3 Å². The molecule has 0 radical (unpaired) electrons. The van der Waals surface area contributed by atoms with Crippen LogP contribution < -0.4 is 0 Å². The molecule has 0 aliphatic carbocycles. The lowest BCUT2D eigenvalue weighted by Gasteiger charge is -2.02. The van der Waals surface area contributed by atoms with Crippen molar-refractivity contribution in [1.29, 1.82) is 0 Å². The zero-order valence-corrected chi connectivity index (χ0v) is 9.89. The van der Waals surface area contributed by atoms with E-state index in [1.54, 1.807) is 13.2 Å². The van der Waals surface area contributed by atoms with E-state index in [0.717, 1.165) is 5.56 Å². The molecule has 2 nitrogen and oxygen atoms in total. The van der Waals surface area contributed by atoms with Gasteiger partial charge in [-0.1, -0.05) is 17.7 Å². The van der Waals surface area contributed by atoms with Crippen molar-refractivity contribution < 1.29 is 13.9 Å². The minimum Gasteiger partial charge on any atom is -0.385 e. The van der Waals surface area contributed by atoms with E-state index in [1.807, 2.05) is 0 Å². The van der Waals surface area contributed by atoms with Crippen molar-refractivity contribution in [2.24, 2.45) is 0 Å². The third kappa shape index (κ3) is 4.29. The molecular weight excluding hydrogens is 231 g/mol. The van der Waals surface area contributed by atoms with Crippen LogP contribution in [-0.2, 0) is 16.0 Å². The van der Waals surface area contributed by atoms with E-state index < -0.39 is 5.82 Å². The summed E-state index contributed by atoms with van der Waals surface area (Å²) in [6, 6.07) is 4.35. The number of ketones is 1. The minimum atomic E-state index is -0.461. The van der Waals surface area contributed by atoms with Crippen molar-refractivity contribution in [3.05, 3.63) is 34.6 Å². The number of halogens is 2. The molecule has 0 aliphatic heterocycles. The summed E-state index contributed by atoms with van der Waals surface area (Å²) in [6.07, 6.45) is 1.48. The van der Waals surface area contributed by atoms with Crippen LogP contribution in [0.4, 0.5) is 4.39 Å². The zero-order valence-electron chi connectivity index (χ0n) is 9.13. The molecule has 0 spiro atoms. The average Bonchev–Trinajstić information content (AvgIpc) is 2.24. The lowest BCUT2D eigenvalue weighted by molar-refractivity contribution is -0.118. The van der Waals surface area contributed by atoms with Crippen LogP contribution >= 0.6 is 11.6 Å². The van der Waals surface area contributed by atoms with Crippen LogP contribution in [0.15, 0.2) is 18.2 Å². The standard InChI is InChI=1S/C12H14ClFO2/c1-16-6-2-3-10(15)7-9-4-5-12(14)11(13)8-9/h4-5,8H,2-3,6-7H2,1H3. The molecule has 0 unspecified atom stereocenters. The van der Waals surface area contributed by atoms with Gasteiger partial charge in [0.2, 0.25) is 0 Å². The molecule has 0 aromatic heterocycles. The van der Waals surface area contributed by atoms with Gasteiger partial charge in [0, 0.05) is 26.6 Å². The average molecular weight is 245 g/mol. The van der Waals surface area contributed by atoms with E-state index in [1.165, 1.54) is 12.1 Å². The highest BCUT2D eigenvalue weighted by atomic mass is 35.5. The lowest BCUT2D eigenvalue weighted by atomic mass is 10.1. The molecule has 1 aromatic rings. The molecule has 88 valence electrons. The molecule has 1 aromatic carbocycles. The van der Waals surface area contributed by atoms with Crippen LogP contribution in [0, 0.1) is 5.82 Å². The Hall–Kier alpha value is -0.930. The summed E-state index contributed by atoms with van der Waals surface area (Å²) in [5, 5.41) is 0.0576. The minimum absolute atomic E-state index is 0.0576. The van der Waals surface area contributed by atoms with Gasteiger partial charge in [-0.25, -0.2) is 4.39 Å². The van der Waals surface area contributed by atoms with Crippen LogP contribution in [0.25, 0.3) is 0 Å². The molecule has 0 atom stereocenters. The number of hydrogen-bond acceptors (Lipinski definition) is 2. The van der Waals surface area contributed by atoms with E-state index in [-0.39, 0.29) is 10.8 Å². The van der Waals surface area contributed by atoms with E-state index in [4.69, 9.17) is 16.3 Å². The highest BCUT2D eigenvalue weighted by molar-refractivity contribution is 6.30. The summed E-state index contributed by atoms with van der Waals surface area (Å²) in [5.74, 6) is -0.350. The van der Waals surface area contributed by atoms with Gasteiger partial charge in [-0.2, -0.15) is 0 Å². The van der Waals surface area contributed by atoms with Crippen LogP contribution in [0.5, 0.6) is 0 Å². The topological polar surface area (TPSA) is 26.3 Å². The largest absolute Gasteiger partial charge is 0.385 e. The summed E-state index contributed by atoms with van der Waals surface area (Å²) < 4.78 is 17.7. The second-order valence-corrected chi connectivity index (χ2v) is 3.97. The maximum absolute atomic E-state index is 12.9. The molecule has 16 heavy (non-hydrogen) atoms. The van der Waals surface area contributed by atoms with Gasteiger partial charge < -0.3 is 4.74 Å². The van der Waals surface area contributed by atoms with Gasteiger partial charge in [0.25, 0.3) is 0 Å². The summed E-state index contributed by atoms with van der Waals surface area (Å²) in [5.41, 5.74) is 0.744. The van der Waals surface area contributed by atoms with E-state index in [2.05, 4.69) is 0 Å². The normalized spacial score (nSPS) is 10.4. The SMILES string of the molecule is COCCCC(=O)Cc1ccc(F)c(Cl)c1. The Bertz CT molecular complexity index is 366. The first-order valence-corrected chi connectivity index (χ1v) is 5.46. The maximum atomic E-state index is 12.9. The van der Waals surface area contributed by atoms with Crippen LogP contribution in [-0.4, -0.2) is 19.5 Å². The first-order chi connectivity index (χ1) is 7.63. The van der Waals surface area contributed by atoms with Gasteiger partial charge in [-0.3, -0.25) is 4.79 Å². The Balaban J connectivity index is 2.46. The Kier molecular flexibility index (Phi) is 5.43. The number of Topliss-reactive ketones (excluding diaryl/α,β-unsaturated/α-hetero) is 1. The predicted molar refractivity (Wildman–Crippen MR) is 61.2 cm³/mol. The summed E-state index contributed by atoms with van der Waals surface area (Å²) >= 11 is 5.62. The van der Waals surface area contributed by atoms with Crippen molar-refractivity contribution >= 4 is 17.4 Å². The summed E-state index contributed by atoms with van der Waals surface area (Å²) in [4.78, 5) is 11.5. The zero-order chi connectivity index (χ0) is 12.0. The Morgan fingerprint density at radius 1 is 1.50 bits per heavy atom. The number of ether oxygens (including phenoxy) is 1. The lowest BCUT2D eigenvalue weighted by Crippen LogP contribution is -2.04. The summed E-state index contributed by atoms with van der Waals surface area (Å²) in [7, 11) is 1.60. The quantitative estimate of drug-likeness (QED) is 0.719. The monoisotopic (exact) mass is 244 g/mol. The van der Waals surface area contributed by atoms with Crippen molar-refractivity contribution in [3.63, 3.8) is 0 Å². The fourth-order valence-corrected chi connectivity index (χ4v) is 1.58. The second-order valence-electron chi connectivity index (χ2n) is 3.56. The van der Waals surface area contributed by atoms with E-state index in [9.17, 15) is 9.18 Å². The van der Waals surface area contributed by atoms with Crippen molar-refractivity contribution in [1.82, 2.24) is 0 Å². The van der Waals surface area contributed by atoms with E-state index >= 15 is 0 Å². The first-order valence-electron chi connectivity index (χ1n) is 5.08. The highest BCUT2D eigenvalue weighted by Crippen LogP contribution is 2.16. The number of benzene rings is 1. The van der Waals surface area contributed by atoms with Gasteiger partial charge in [0.15, 0.2) is 0 Å². The van der Waals surface area contributed by atoms with Crippen molar-refractivity contribution in [2.75, 3.05) is 13.7 Å². The molecule has 0 amide bonds. The number of hydrogen-bond donors (Lipinski definition) is 0. The molecule has 0 saturated heterocycles. The molecular formula is C12H14ClFO2. The molecule has 0 heterocycles. The maximum Gasteiger partial charge on any atom is 0.141 e. The second kappa shape index (κ2) is 6.61. The first kappa shape index (κ1) is 13.1. The van der Waals surface area contributed by atoms with Crippen molar-refractivity contribution in [3.8, 4) is 0 Å². The fraction of sp³-hybridized carbons (Fsp3) is 0.417. The molecule has 0 N–H and O–H groups in total. The third-order valence-corrected chi connectivity index (χ3v) is 2.48. The van der Waals surface area contributed by atoms with Gasteiger partial charge in [0.1, 0.15) is 11.6 Å². The molecule has 0 aliphatic rings. The predicted octanol–water partition coefficient (Wildman–Crippen LogP) is 3.02. The number of carbonyl (C=O) groups excluding carboxylic acids is 1. The van der Waals surface area contributed by atoms with Crippen LogP contribution in [0.1, 0.15) is 18.4 Å². The summed E-state index contributed by atoms with van der Waals surface area (Å²) in [6.45, 7) is 0.579. The number of methoxy groups -OCH3 is 1.